The standard InChI is InChI=1S/C13H15NO4S2/c1-10(13(15)16)9-19-5-6-20(17,18)12-4-2-3-11(7-12)8-14/h2-4,7,10H,5-6,9H2,1H3,(H,15,16). The van der Waals surface area contributed by atoms with Crippen LogP contribution in [0.15, 0.2) is 29.2 Å². The van der Waals surface area contributed by atoms with Crippen molar-refractivity contribution in [3.63, 3.8) is 0 Å². The fourth-order valence-electron chi connectivity index (χ4n) is 1.38. The lowest BCUT2D eigenvalue weighted by Crippen LogP contribution is -2.14. The lowest BCUT2D eigenvalue weighted by molar-refractivity contribution is -0.140. The van der Waals surface area contributed by atoms with E-state index in [-0.39, 0.29) is 10.6 Å². The predicted molar refractivity (Wildman–Crippen MR) is 77.3 cm³/mol. The predicted octanol–water partition coefficient (Wildman–Crippen LogP) is 1.79. The smallest absolute Gasteiger partial charge is 0.307 e. The third-order valence-corrected chi connectivity index (χ3v) is 5.81. The summed E-state index contributed by atoms with van der Waals surface area (Å²) < 4.78 is 24.1. The van der Waals surface area contributed by atoms with E-state index in [0.29, 0.717) is 17.1 Å². The molecule has 1 atom stereocenters. The van der Waals surface area contributed by atoms with Gasteiger partial charge in [-0.15, -0.1) is 0 Å². The van der Waals surface area contributed by atoms with E-state index in [0.717, 1.165) is 0 Å². The molecule has 1 aromatic rings. The van der Waals surface area contributed by atoms with Gasteiger partial charge >= 0.3 is 5.97 Å². The van der Waals surface area contributed by atoms with E-state index in [1.165, 1.54) is 30.0 Å². The SMILES string of the molecule is CC(CSCCS(=O)(=O)c1cccc(C#N)c1)C(=O)O. The van der Waals surface area contributed by atoms with Gasteiger partial charge in [0.1, 0.15) is 0 Å². The van der Waals surface area contributed by atoms with E-state index in [1.807, 2.05) is 6.07 Å². The summed E-state index contributed by atoms with van der Waals surface area (Å²) in [5.74, 6) is -0.745. The molecule has 0 aliphatic carbocycles. The highest BCUT2D eigenvalue weighted by atomic mass is 32.2. The number of benzene rings is 1. The minimum Gasteiger partial charge on any atom is -0.481 e. The van der Waals surface area contributed by atoms with E-state index < -0.39 is 21.7 Å². The van der Waals surface area contributed by atoms with Crippen LogP contribution >= 0.6 is 11.8 Å². The molecule has 0 aromatic heterocycles. The Morgan fingerprint density at radius 2 is 2.20 bits per heavy atom. The van der Waals surface area contributed by atoms with Gasteiger partial charge in [0, 0.05) is 11.5 Å². The van der Waals surface area contributed by atoms with Crippen molar-refractivity contribution in [1.29, 1.82) is 5.26 Å². The van der Waals surface area contributed by atoms with Crippen molar-refractivity contribution in [2.75, 3.05) is 17.3 Å². The Hall–Kier alpha value is -1.52. The van der Waals surface area contributed by atoms with Crippen LogP contribution in [0, 0.1) is 17.2 Å². The van der Waals surface area contributed by atoms with Crippen LogP contribution in [-0.4, -0.2) is 36.8 Å². The molecule has 1 N–H and O–H groups in total. The molecule has 0 aliphatic rings. The zero-order chi connectivity index (χ0) is 15.2. The summed E-state index contributed by atoms with van der Waals surface area (Å²) in [6, 6.07) is 7.78. The molecule has 0 saturated heterocycles. The minimum absolute atomic E-state index is 0.0705. The summed E-state index contributed by atoms with van der Waals surface area (Å²) in [6.07, 6.45) is 0. The lowest BCUT2D eigenvalue weighted by Gasteiger charge is -2.07. The van der Waals surface area contributed by atoms with Crippen molar-refractivity contribution < 1.29 is 18.3 Å². The number of hydrogen-bond donors (Lipinski definition) is 1. The maximum absolute atomic E-state index is 12.0. The van der Waals surface area contributed by atoms with Gasteiger partial charge < -0.3 is 5.11 Å². The molecule has 108 valence electrons. The molecule has 0 spiro atoms. The Balaban J connectivity index is 2.58. The number of aliphatic carboxylic acids is 1. The monoisotopic (exact) mass is 313 g/mol. The number of sulfone groups is 1. The second kappa shape index (κ2) is 7.31. The molecule has 5 nitrogen and oxygen atoms in total. The van der Waals surface area contributed by atoms with Gasteiger partial charge in [-0.1, -0.05) is 13.0 Å². The van der Waals surface area contributed by atoms with E-state index in [1.54, 1.807) is 13.0 Å². The highest BCUT2D eigenvalue weighted by Gasteiger charge is 2.16. The van der Waals surface area contributed by atoms with E-state index in [9.17, 15) is 13.2 Å². The number of carbonyl (C=O) groups is 1. The third kappa shape index (κ3) is 4.87. The Kier molecular flexibility index (Phi) is 6.05. The summed E-state index contributed by atoms with van der Waals surface area (Å²) in [4.78, 5) is 10.7. The number of nitriles is 1. The number of carboxylic acid groups (broad SMARTS) is 1. The molecule has 20 heavy (non-hydrogen) atoms. The zero-order valence-corrected chi connectivity index (χ0v) is 12.6. The normalized spacial score (nSPS) is 12.6. The molecule has 1 unspecified atom stereocenters. The van der Waals surface area contributed by atoms with Crippen LogP contribution in [0.3, 0.4) is 0 Å². The number of carboxylic acids is 1. The van der Waals surface area contributed by atoms with Crippen molar-refractivity contribution in [2.24, 2.45) is 5.92 Å². The molecule has 0 amide bonds. The fraction of sp³-hybridized carbons (Fsp3) is 0.385. The van der Waals surface area contributed by atoms with Crippen molar-refractivity contribution in [2.45, 2.75) is 11.8 Å². The highest BCUT2D eigenvalue weighted by molar-refractivity contribution is 8.00. The van der Waals surface area contributed by atoms with Crippen molar-refractivity contribution in [3.8, 4) is 6.07 Å². The Morgan fingerprint density at radius 3 is 2.80 bits per heavy atom. The van der Waals surface area contributed by atoms with Crippen LogP contribution in [0.5, 0.6) is 0 Å². The number of hydrogen-bond acceptors (Lipinski definition) is 5. The summed E-state index contributed by atoms with van der Waals surface area (Å²) in [6.45, 7) is 1.58. The average Bonchev–Trinajstić information content (AvgIpc) is 2.43. The molecule has 0 heterocycles. The number of thioether (sulfide) groups is 1. The van der Waals surface area contributed by atoms with Crippen LogP contribution < -0.4 is 0 Å². The van der Waals surface area contributed by atoms with Gasteiger partial charge in [0.05, 0.1) is 28.2 Å². The first-order chi connectivity index (χ1) is 9.36. The van der Waals surface area contributed by atoms with Crippen LogP contribution in [0.1, 0.15) is 12.5 Å². The quantitative estimate of drug-likeness (QED) is 0.771. The van der Waals surface area contributed by atoms with Gasteiger partial charge in [0.2, 0.25) is 0 Å². The molecular formula is C13H15NO4S2. The molecule has 0 fully saturated rings. The van der Waals surface area contributed by atoms with Crippen LogP contribution in [0.2, 0.25) is 0 Å². The average molecular weight is 313 g/mol. The maximum atomic E-state index is 12.0. The number of rotatable bonds is 7. The molecule has 0 radical (unpaired) electrons. The van der Waals surface area contributed by atoms with E-state index in [2.05, 4.69) is 0 Å². The van der Waals surface area contributed by atoms with Gasteiger partial charge in [0.25, 0.3) is 0 Å². The lowest BCUT2D eigenvalue weighted by atomic mass is 10.2. The molecule has 0 saturated carbocycles. The molecule has 0 aliphatic heterocycles. The largest absolute Gasteiger partial charge is 0.481 e. The molecule has 7 heteroatoms. The summed E-state index contributed by atoms with van der Waals surface area (Å²) >= 11 is 1.30. The molecule has 0 bridgehead atoms. The molecule has 1 rings (SSSR count). The topological polar surface area (TPSA) is 95.2 Å². The van der Waals surface area contributed by atoms with Gasteiger partial charge in [-0.3, -0.25) is 4.79 Å². The van der Waals surface area contributed by atoms with E-state index >= 15 is 0 Å². The Bertz CT molecular complexity index is 620. The van der Waals surface area contributed by atoms with Crippen LogP contribution in [0.4, 0.5) is 0 Å². The second-order valence-electron chi connectivity index (χ2n) is 4.27. The molecular weight excluding hydrogens is 298 g/mol. The van der Waals surface area contributed by atoms with Gasteiger partial charge in [-0.25, -0.2) is 8.42 Å². The van der Waals surface area contributed by atoms with Crippen LogP contribution in [0.25, 0.3) is 0 Å². The minimum atomic E-state index is -3.43. The van der Waals surface area contributed by atoms with Gasteiger partial charge in [-0.05, 0) is 18.2 Å². The highest BCUT2D eigenvalue weighted by Crippen LogP contribution is 2.16. The van der Waals surface area contributed by atoms with Crippen molar-refractivity contribution in [3.05, 3.63) is 29.8 Å². The zero-order valence-electron chi connectivity index (χ0n) is 10.9. The van der Waals surface area contributed by atoms with Crippen LogP contribution in [-0.2, 0) is 14.6 Å². The summed E-state index contributed by atoms with van der Waals surface area (Å²) in [7, 11) is -3.43. The van der Waals surface area contributed by atoms with Crippen molar-refractivity contribution in [1.82, 2.24) is 0 Å². The Morgan fingerprint density at radius 1 is 1.50 bits per heavy atom. The van der Waals surface area contributed by atoms with E-state index in [4.69, 9.17) is 10.4 Å². The van der Waals surface area contributed by atoms with Gasteiger partial charge in [-0.2, -0.15) is 17.0 Å². The first-order valence-electron chi connectivity index (χ1n) is 5.90. The van der Waals surface area contributed by atoms with Crippen molar-refractivity contribution >= 4 is 27.6 Å². The first kappa shape index (κ1) is 16.5. The summed E-state index contributed by atoms with van der Waals surface area (Å²) in [5, 5.41) is 17.5. The molecule has 1 aromatic carbocycles. The maximum Gasteiger partial charge on any atom is 0.307 e. The fourth-order valence-corrected chi connectivity index (χ4v) is 4.22. The third-order valence-electron chi connectivity index (χ3n) is 2.61. The second-order valence-corrected chi connectivity index (χ2v) is 7.53. The van der Waals surface area contributed by atoms with Gasteiger partial charge in [0.15, 0.2) is 9.84 Å². The summed E-state index contributed by atoms with van der Waals surface area (Å²) in [5.41, 5.74) is 0.304. The number of nitrogens with zero attached hydrogens (tertiary/aromatic N) is 1. The Labute approximate surface area is 122 Å². The first-order valence-corrected chi connectivity index (χ1v) is 8.71.